The van der Waals surface area contributed by atoms with E-state index in [0.29, 0.717) is 31.9 Å². The molecule has 0 radical (unpaired) electrons. The number of benzene rings is 2. The molecule has 1 aliphatic heterocycles. The number of morpholine rings is 1. The van der Waals surface area contributed by atoms with Crippen molar-refractivity contribution in [2.75, 3.05) is 32.8 Å². The van der Waals surface area contributed by atoms with E-state index in [4.69, 9.17) is 9.26 Å². The van der Waals surface area contributed by atoms with Gasteiger partial charge in [0.05, 0.1) is 19.8 Å². The first-order chi connectivity index (χ1) is 20.5. The van der Waals surface area contributed by atoms with Crippen LogP contribution in [0, 0.1) is 5.92 Å². The Hall–Kier alpha value is -3.85. The second-order valence-electron chi connectivity index (χ2n) is 9.12. The predicted molar refractivity (Wildman–Crippen MR) is 166 cm³/mol. The van der Waals surface area contributed by atoms with E-state index in [1.807, 2.05) is 45.9 Å². The van der Waals surface area contributed by atoms with Crippen LogP contribution in [0.2, 0.25) is 0 Å². The van der Waals surface area contributed by atoms with Gasteiger partial charge >= 0.3 is 0 Å². The number of hydrogen-bond acceptors (Lipinski definition) is 7. The van der Waals surface area contributed by atoms with Gasteiger partial charge in [0, 0.05) is 31.0 Å². The van der Waals surface area contributed by atoms with Gasteiger partial charge in [-0.1, -0.05) is 102 Å². The Bertz CT molecular complexity index is 1150. The van der Waals surface area contributed by atoms with Crippen molar-refractivity contribution >= 4 is 17.6 Å². The molecule has 4 rings (SSSR count). The summed E-state index contributed by atoms with van der Waals surface area (Å²) in [7, 11) is 0. The highest BCUT2D eigenvalue weighted by Crippen LogP contribution is 2.16. The van der Waals surface area contributed by atoms with Crippen molar-refractivity contribution in [1.29, 1.82) is 0 Å². The lowest BCUT2D eigenvalue weighted by molar-refractivity contribution is -0.139. The van der Waals surface area contributed by atoms with Gasteiger partial charge < -0.3 is 19.5 Å². The van der Waals surface area contributed by atoms with Crippen molar-refractivity contribution in [2.45, 2.75) is 67.2 Å². The van der Waals surface area contributed by atoms with Crippen molar-refractivity contribution in [3.63, 3.8) is 0 Å². The Morgan fingerprint density at radius 3 is 2.12 bits per heavy atom. The van der Waals surface area contributed by atoms with Gasteiger partial charge in [0.15, 0.2) is 0 Å². The molecule has 1 saturated heterocycles. The number of rotatable bonds is 10. The van der Waals surface area contributed by atoms with Gasteiger partial charge in [-0.15, -0.1) is 0 Å². The van der Waals surface area contributed by atoms with Crippen LogP contribution >= 0.6 is 0 Å². The molecule has 2 amide bonds. The topological polar surface area (TPSA) is 115 Å². The fourth-order valence-corrected chi connectivity index (χ4v) is 3.78. The number of ketones is 1. The number of nitrogens with zero attached hydrogens (tertiary/aromatic N) is 3. The molecule has 9 nitrogen and oxygen atoms in total. The molecule has 1 aromatic heterocycles. The molecule has 0 saturated carbocycles. The molecule has 1 fully saturated rings. The summed E-state index contributed by atoms with van der Waals surface area (Å²) in [5, 5.41) is 6.20. The number of amides is 2. The molecule has 1 atom stereocenters. The summed E-state index contributed by atoms with van der Waals surface area (Å²) in [5.41, 5.74) is 2.16. The Balaban J connectivity index is 0.000000526. The van der Waals surface area contributed by atoms with Gasteiger partial charge in [-0.3, -0.25) is 14.4 Å². The first kappa shape index (κ1) is 36.2. The Kier molecular flexibility index (Phi) is 18.8. The summed E-state index contributed by atoms with van der Waals surface area (Å²) >= 11 is 0. The van der Waals surface area contributed by atoms with Crippen LogP contribution in [0.25, 0.3) is 11.5 Å². The number of carbonyl (C=O) groups excluding carboxylic acids is 3. The van der Waals surface area contributed by atoms with E-state index in [2.05, 4.69) is 52.7 Å². The fraction of sp³-hybridized carbons (Fsp3) is 0.485. The van der Waals surface area contributed by atoms with Crippen molar-refractivity contribution in [3.05, 3.63) is 72.1 Å². The number of aromatic nitrogens is 2. The number of nitrogens with one attached hydrogen (secondary N) is 1. The highest BCUT2D eigenvalue weighted by molar-refractivity contribution is 5.97. The summed E-state index contributed by atoms with van der Waals surface area (Å²) in [6.45, 7) is 13.7. The zero-order chi connectivity index (χ0) is 31.2. The Morgan fingerprint density at radius 2 is 1.52 bits per heavy atom. The summed E-state index contributed by atoms with van der Waals surface area (Å²) in [6.07, 6.45) is 3.91. The van der Waals surface area contributed by atoms with Crippen LogP contribution in [0.15, 0.2) is 65.2 Å². The fourth-order valence-electron chi connectivity index (χ4n) is 3.78. The van der Waals surface area contributed by atoms with E-state index < -0.39 is 11.7 Å². The van der Waals surface area contributed by atoms with Crippen LogP contribution in [0.3, 0.4) is 0 Å². The lowest BCUT2D eigenvalue weighted by Gasteiger charge is -2.27. The maximum Gasteiger partial charge on any atom is 0.258 e. The molecule has 42 heavy (non-hydrogen) atoms. The molecule has 3 aromatic rings. The van der Waals surface area contributed by atoms with Crippen molar-refractivity contribution in [3.8, 4) is 11.5 Å². The highest BCUT2D eigenvalue weighted by Gasteiger charge is 2.24. The average Bonchev–Trinajstić information content (AvgIpc) is 3.57. The molecule has 1 unspecified atom stereocenters. The molecular formula is C33H48N4O5. The van der Waals surface area contributed by atoms with Crippen LogP contribution in [0.5, 0.6) is 0 Å². The van der Waals surface area contributed by atoms with Gasteiger partial charge in [0.25, 0.3) is 5.89 Å². The second kappa shape index (κ2) is 21.8. The van der Waals surface area contributed by atoms with Crippen molar-refractivity contribution < 1.29 is 23.6 Å². The summed E-state index contributed by atoms with van der Waals surface area (Å²) in [4.78, 5) is 42.3. The molecule has 0 bridgehead atoms. The number of unbranched alkanes of at least 4 members (excludes halogenated alkanes) is 1. The zero-order valence-corrected chi connectivity index (χ0v) is 26.1. The van der Waals surface area contributed by atoms with E-state index in [-0.39, 0.29) is 36.5 Å². The first-order valence-electron chi connectivity index (χ1n) is 15.1. The minimum Gasteiger partial charge on any atom is -0.378 e. The molecular weight excluding hydrogens is 532 g/mol. The SMILES string of the molecule is CC.CC.CC(CC(=O)N1CCOCC1)C(=O)NCC(=O)c1noc(-c2ccccc2)n1.CCCCc1ccccc1. The summed E-state index contributed by atoms with van der Waals surface area (Å²) < 4.78 is 10.3. The maximum atomic E-state index is 12.2. The minimum atomic E-state index is -0.548. The lowest BCUT2D eigenvalue weighted by atomic mass is 10.1. The number of aryl methyl sites for hydroxylation is 1. The monoisotopic (exact) mass is 580 g/mol. The molecule has 9 heteroatoms. The smallest absolute Gasteiger partial charge is 0.258 e. The number of hydrogen-bond donors (Lipinski definition) is 1. The van der Waals surface area contributed by atoms with Gasteiger partial charge in [-0.25, -0.2) is 0 Å². The largest absolute Gasteiger partial charge is 0.378 e. The van der Waals surface area contributed by atoms with Crippen LogP contribution < -0.4 is 5.32 Å². The van der Waals surface area contributed by atoms with Crippen LogP contribution in [-0.4, -0.2) is 65.5 Å². The molecule has 2 heterocycles. The molecule has 0 aliphatic carbocycles. The third kappa shape index (κ3) is 13.2. The van der Waals surface area contributed by atoms with Gasteiger partial charge in [-0.05, 0) is 30.5 Å². The highest BCUT2D eigenvalue weighted by atomic mass is 16.5. The maximum absolute atomic E-state index is 12.2. The van der Waals surface area contributed by atoms with Crippen LogP contribution in [0.1, 0.15) is 77.0 Å². The van der Waals surface area contributed by atoms with Crippen LogP contribution in [0.4, 0.5) is 0 Å². The number of Topliss-reactive ketones (excluding diaryl/α,β-unsaturated/α-hetero) is 1. The number of ether oxygens (including phenoxy) is 1. The van der Waals surface area contributed by atoms with E-state index >= 15 is 0 Å². The molecule has 2 aromatic carbocycles. The van der Waals surface area contributed by atoms with E-state index in [0.717, 1.165) is 0 Å². The third-order valence-electron chi connectivity index (χ3n) is 6.07. The van der Waals surface area contributed by atoms with Gasteiger partial charge in [0.1, 0.15) is 0 Å². The predicted octanol–water partition coefficient (Wildman–Crippen LogP) is 6.00. The molecule has 230 valence electrons. The first-order valence-corrected chi connectivity index (χ1v) is 15.1. The van der Waals surface area contributed by atoms with Crippen molar-refractivity contribution in [1.82, 2.24) is 20.4 Å². The van der Waals surface area contributed by atoms with Gasteiger partial charge in [-0.2, -0.15) is 4.98 Å². The molecule has 1 N–H and O–H groups in total. The lowest BCUT2D eigenvalue weighted by Crippen LogP contribution is -2.43. The summed E-state index contributed by atoms with van der Waals surface area (Å²) in [5.74, 6) is -1.35. The normalized spacial score (nSPS) is 12.7. The quantitative estimate of drug-likeness (QED) is 0.292. The van der Waals surface area contributed by atoms with E-state index in [9.17, 15) is 14.4 Å². The average molecular weight is 581 g/mol. The Morgan fingerprint density at radius 1 is 0.929 bits per heavy atom. The minimum absolute atomic E-state index is 0.0837. The Labute approximate surface area is 251 Å². The van der Waals surface area contributed by atoms with Gasteiger partial charge in [0.2, 0.25) is 23.4 Å². The van der Waals surface area contributed by atoms with E-state index in [1.165, 1.54) is 24.8 Å². The third-order valence-corrected chi connectivity index (χ3v) is 6.07. The second-order valence-corrected chi connectivity index (χ2v) is 9.12. The molecule has 1 aliphatic rings. The number of carbonyl (C=O) groups is 3. The van der Waals surface area contributed by atoms with E-state index in [1.54, 1.807) is 24.0 Å². The van der Waals surface area contributed by atoms with Crippen molar-refractivity contribution in [2.24, 2.45) is 5.92 Å². The zero-order valence-electron chi connectivity index (χ0n) is 26.1. The standard InChI is InChI=1S/C19H22N4O5.C10H14.2C2H6/c1-13(11-16(25)23-7-9-27-10-8-23)18(26)20-12-15(24)17-21-19(28-22-17)14-5-3-2-4-6-14;1-2-3-7-10-8-5-4-6-9-10;2*1-2/h2-6,13H,7-12H2,1H3,(H,20,26);4-6,8-9H,2-3,7H2,1H3;2*1-2H3. The van der Waals surface area contributed by atoms with Crippen LogP contribution in [-0.2, 0) is 20.7 Å². The molecule has 0 spiro atoms. The summed E-state index contributed by atoms with van der Waals surface area (Å²) in [6, 6.07) is 19.7.